The molecule has 0 aliphatic carbocycles. The Labute approximate surface area is 176 Å². The van der Waals surface area contributed by atoms with Crippen LogP contribution in [0.2, 0.25) is 0 Å². The van der Waals surface area contributed by atoms with Gasteiger partial charge >= 0.3 is 5.91 Å². The summed E-state index contributed by atoms with van der Waals surface area (Å²) in [6.45, 7) is 0.512. The number of amides is 1. The molecule has 0 saturated carbocycles. The van der Waals surface area contributed by atoms with Crippen molar-refractivity contribution in [3.05, 3.63) is 100 Å². The van der Waals surface area contributed by atoms with Crippen LogP contribution in [0.15, 0.2) is 92.9 Å². The van der Waals surface area contributed by atoms with Gasteiger partial charge in [-0.1, -0.05) is 46.3 Å². The molecule has 0 bridgehead atoms. The Morgan fingerprint density at radius 1 is 1.03 bits per heavy atom. The zero-order valence-electron chi connectivity index (χ0n) is 15.3. The van der Waals surface area contributed by atoms with E-state index in [1.807, 2.05) is 66.7 Å². The highest BCUT2D eigenvalue weighted by atomic mass is 79.9. The first-order valence-corrected chi connectivity index (χ1v) is 9.76. The van der Waals surface area contributed by atoms with Crippen LogP contribution in [0, 0.1) is 0 Å². The molecule has 0 fully saturated rings. The molecule has 29 heavy (non-hydrogen) atoms. The minimum Gasteiger partial charge on any atom is -0.489 e. The number of hydrogen-bond acceptors (Lipinski definition) is 4. The number of benzene rings is 3. The average molecular weight is 449 g/mol. The van der Waals surface area contributed by atoms with Gasteiger partial charge in [0.2, 0.25) is 0 Å². The normalized spacial score (nSPS) is 11.1. The summed E-state index contributed by atoms with van der Waals surface area (Å²) < 4.78 is 12.2. The Bertz CT molecular complexity index is 1150. The van der Waals surface area contributed by atoms with Crippen LogP contribution in [0.1, 0.15) is 21.7 Å². The van der Waals surface area contributed by atoms with E-state index in [0.717, 1.165) is 26.7 Å². The van der Waals surface area contributed by atoms with Crippen LogP contribution in [0.25, 0.3) is 11.0 Å². The summed E-state index contributed by atoms with van der Waals surface area (Å²) in [5.41, 5.74) is 5.07. The first-order chi connectivity index (χ1) is 14.2. The summed E-state index contributed by atoms with van der Waals surface area (Å²) in [6.07, 6.45) is 1.57. The van der Waals surface area contributed by atoms with Crippen molar-refractivity contribution in [1.29, 1.82) is 0 Å². The van der Waals surface area contributed by atoms with Crippen molar-refractivity contribution < 1.29 is 13.9 Å². The van der Waals surface area contributed by atoms with Crippen molar-refractivity contribution in [1.82, 2.24) is 5.43 Å². The zero-order chi connectivity index (χ0) is 20.1. The van der Waals surface area contributed by atoms with E-state index in [4.69, 9.17) is 9.15 Å². The second-order valence-electron chi connectivity index (χ2n) is 6.34. The van der Waals surface area contributed by atoms with Gasteiger partial charge in [-0.25, -0.2) is 5.43 Å². The van der Waals surface area contributed by atoms with E-state index in [2.05, 4.69) is 26.5 Å². The van der Waals surface area contributed by atoms with E-state index in [9.17, 15) is 4.79 Å². The van der Waals surface area contributed by atoms with E-state index in [-0.39, 0.29) is 5.76 Å². The van der Waals surface area contributed by atoms with Gasteiger partial charge in [-0.2, -0.15) is 5.10 Å². The average Bonchev–Trinajstić information content (AvgIpc) is 3.17. The fraction of sp³-hybridized carbons (Fsp3) is 0.0435. The Kier molecular flexibility index (Phi) is 5.72. The predicted molar refractivity (Wildman–Crippen MR) is 116 cm³/mol. The SMILES string of the molecule is O=C(N/N=C/c1ccc(OCc2ccccc2)cc1)c1cc2cc(Br)ccc2o1. The van der Waals surface area contributed by atoms with Gasteiger partial charge in [0.15, 0.2) is 5.76 Å². The Hall–Kier alpha value is -3.38. The molecule has 144 valence electrons. The van der Waals surface area contributed by atoms with Crippen molar-refractivity contribution in [3.8, 4) is 5.75 Å². The number of nitrogens with one attached hydrogen (secondary N) is 1. The zero-order valence-corrected chi connectivity index (χ0v) is 16.9. The van der Waals surface area contributed by atoms with Gasteiger partial charge in [-0.3, -0.25) is 4.79 Å². The minimum absolute atomic E-state index is 0.208. The molecule has 0 saturated heterocycles. The maximum absolute atomic E-state index is 12.2. The molecule has 0 aliphatic heterocycles. The highest BCUT2D eigenvalue weighted by Gasteiger charge is 2.11. The topological polar surface area (TPSA) is 63.8 Å². The van der Waals surface area contributed by atoms with Gasteiger partial charge in [-0.05, 0) is 59.7 Å². The van der Waals surface area contributed by atoms with E-state index >= 15 is 0 Å². The van der Waals surface area contributed by atoms with E-state index in [1.165, 1.54) is 0 Å². The lowest BCUT2D eigenvalue weighted by molar-refractivity contribution is 0.0929. The molecule has 4 aromatic rings. The summed E-state index contributed by atoms with van der Waals surface area (Å²) in [6, 6.07) is 24.7. The third-order valence-corrected chi connectivity index (χ3v) is 4.70. The number of nitrogens with zero attached hydrogens (tertiary/aromatic N) is 1. The molecule has 1 aromatic heterocycles. The maximum Gasteiger partial charge on any atom is 0.307 e. The van der Waals surface area contributed by atoms with Crippen molar-refractivity contribution in [2.24, 2.45) is 5.10 Å². The lowest BCUT2D eigenvalue weighted by atomic mass is 10.2. The van der Waals surface area contributed by atoms with Crippen molar-refractivity contribution >= 4 is 39.0 Å². The number of rotatable bonds is 6. The van der Waals surface area contributed by atoms with Gasteiger partial charge in [0.1, 0.15) is 17.9 Å². The number of fused-ring (bicyclic) bond motifs is 1. The van der Waals surface area contributed by atoms with Gasteiger partial charge in [0.05, 0.1) is 6.21 Å². The number of carbonyl (C=O) groups excluding carboxylic acids is 1. The van der Waals surface area contributed by atoms with Crippen molar-refractivity contribution in [2.75, 3.05) is 0 Å². The largest absolute Gasteiger partial charge is 0.489 e. The van der Waals surface area contributed by atoms with Crippen LogP contribution in [0.3, 0.4) is 0 Å². The van der Waals surface area contributed by atoms with E-state index in [1.54, 1.807) is 18.3 Å². The van der Waals surface area contributed by atoms with Crippen molar-refractivity contribution in [2.45, 2.75) is 6.61 Å². The van der Waals surface area contributed by atoms with Gasteiger partial charge in [0.25, 0.3) is 0 Å². The molecule has 0 unspecified atom stereocenters. The lowest BCUT2D eigenvalue weighted by Crippen LogP contribution is -2.16. The second-order valence-corrected chi connectivity index (χ2v) is 7.25. The molecule has 0 atom stereocenters. The van der Waals surface area contributed by atoms with Crippen LogP contribution < -0.4 is 10.2 Å². The molecule has 1 N–H and O–H groups in total. The number of hydrogen-bond donors (Lipinski definition) is 1. The fourth-order valence-electron chi connectivity index (χ4n) is 2.74. The minimum atomic E-state index is -0.406. The van der Waals surface area contributed by atoms with Crippen LogP contribution in [0.5, 0.6) is 5.75 Å². The maximum atomic E-state index is 12.2. The van der Waals surface area contributed by atoms with Crippen LogP contribution in [-0.2, 0) is 6.61 Å². The summed E-state index contributed by atoms with van der Waals surface area (Å²) in [4.78, 5) is 12.2. The Balaban J connectivity index is 1.33. The first kappa shape index (κ1) is 19.0. The predicted octanol–water partition coefficient (Wildman–Crippen LogP) is 5.54. The van der Waals surface area contributed by atoms with Crippen LogP contribution in [-0.4, -0.2) is 12.1 Å². The van der Waals surface area contributed by atoms with Crippen molar-refractivity contribution in [3.63, 3.8) is 0 Å². The van der Waals surface area contributed by atoms with E-state index < -0.39 is 5.91 Å². The molecule has 0 spiro atoms. The quantitative estimate of drug-likeness (QED) is 0.311. The molecule has 1 amide bonds. The number of hydrazone groups is 1. The number of carbonyl (C=O) groups is 1. The summed E-state index contributed by atoms with van der Waals surface area (Å²) >= 11 is 3.40. The first-order valence-electron chi connectivity index (χ1n) is 8.97. The van der Waals surface area contributed by atoms with Gasteiger partial charge in [0, 0.05) is 9.86 Å². The highest BCUT2D eigenvalue weighted by Crippen LogP contribution is 2.23. The fourth-order valence-corrected chi connectivity index (χ4v) is 3.12. The summed E-state index contributed by atoms with van der Waals surface area (Å²) in [5.74, 6) is 0.569. The van der Waals surface area contributed by atoms with E-state index in [0.29, 0.717) is 12.2 Å². The standard InChI is InChI=1S/C23H17BrN2O3/c24-19-8-11-21-18(12-19)13-22(29-21)23(27)26-25-14-16-6-9-20(10-7-16)28-15-17-4-2-1-3-5-17/h1-14H,15H2,(H,26,27)/b25-14+. The van der Waals surface area contributed by atoms with Gasteiger partial charge in [-0.15, -0.1) is 0 Å². The molecule has 4 rings (SSSR count). The Morgan fingerprint density at radius 2 is 1.83 bits per heavy atom. The highest BCUT2D eigenvalue weighted by molar-refractivity contribution is 9.10. The Morgan fingerprint density at radius 3 is 2.62 bits per heavy atom. The molecule has 0 radical (unpaired) electrons. The van der Waals surface area contributed by atoms with Crippen LogP contribution in [0.4, 0.5) is 0 Å². The van der Waals surface area contributed by atoms with Crippen LogP contribution >= 0.6 is 15.9 Å². The number of ether oxygens (including phenoxy) is 1. The molecule has 3 aromatic carbocycles. The number of halogens is 1. The molecule has 1 heterocycles. The second kappa shape index (κ2) is 8.75. The third-order valence-electron chi connectivity index (χ3n) is 4.21. The monoisotopic (exact) mass is 448 g/mol. The molecule has 5 nitrogen and oxygen atoms in total. The molecule has 6 heteroatoms. The molecular weight excluding hydrogens is 432 g/mol. The number of furan rings is 1. The molecule has 0 aliphatic rings. The van der Waals surface area contributed by atoms with Gasteiger partial charge < -0.3 is 9.15 Å². The third kappa shape index (κ3) is 4.92. The summed E-state index contributed by atoms with van der Waals surface area (Å²) in [5, 5.41) is 4.84. The summed E-state index contributed by atoms with van der Waals surface area (Å²) in [7, 11) is 0. The lowest BCUT2D eigenvalue weighted by Gasteiger charge is -2.06. The molecular formula is C23H17BrN2O3. The smallest absolute Gasteiger partial charge is 0.307 e.